The normalized spacial score (nSPS) is 23.3. The van der Waals surface area contributed by atoms with Gasteiger partial charge in [0.05, 0.1) is 18.0 Å². The van der Waals surface area contributed by atoms with E-state index < -0.39 is 0 Å². The molecule has 2 aliphatic rings. The van der Waals surface area contributed by atoms with Crippen molar-refractivity contribution in [2.24, 2.45) is 5.92 Å². The Morgan fingerprint density at radius 1 is 1.13 bits per heavy atom. The number of morpholine rings is 1. The van der Waals surface area contributed by atoms with Gasteiger partial charge in [0, 0.05) is 38.4 Å². The van der Waals surface area contributed by atoms with Crippen molar-refractivity contribution >= 4 is 17.7 Å². The molecule has 7 nitrogen and oxygen atoms in total. The van der Waals surface area contributed by atoms with E-state index in [0.717, 1.165) is 56.4 Å². The highest BCUT2D eigenvalue weighted by Crippen LogP contribution is 2.24. The van der Waals surface area contributed by atoms with Crippen LogP contribution in [-0.4, -0.2) is 81.2 Å². The standard InChI is InChI=1S/C23H33N5O2S/c1-17-4-6-21(7-5-17)28-16-24-25-23(28)31-15-22(29)27-10-8-20(9-11-27)14-26-12-18(2)30-19(3)13-26/h4-7,16,18-20H,8-15H2,1-3H3. The van der Waals surface area contributed by atoms with E-state index in [4.69, 9.17) is 4.74 Å². The molecule has 168 valence electrons. The number of ether oxygens (including phenoxy) is 1. The first-order chi connectivity index (χ1) is 15.0. The molecule has 1 amide bonds. The third-order valence-corrected chi connectivity index (χ3v) is 7.06. The fourth-order valence-corrected chi connectivity index (χ4v) is 5.42. The minimum absolute atomic E-state index is 0.190. The number of nitrogens with zero attached hydrogens (tertiary/aromatic N) is 5. The summed E-state index contributed by atoms with van der Waals surface area (Å²) in [7, 11) is 0. The van der Waals surface area contributed by atoms with E-state index in [2.05, 4.69) is 48.0 Å². The number of aromatic nitrogens is 3. The average molecular weight is 444 g/mol. The van der Waals surface area contributed by atoms with Crippen LogP contribution in [-0.2, 0) is 9.53 Å². The summed E-state index contributed by atoms with van der Waals surface area (Å²) in [6.45, 7) is 11.2. The van der Waals surface area contributed by atoms with Crippen LogP contribution in [0.15, 0.2) is 35.7 Å². The average Bonchev–Trinajstić information content (AvgIpc) is 3.21. The van der Waals surface area contributed by atoms with E-state index in [1.54, 1.807) is 6.33 Å². The lowest BCUT2D eigenvalue weighted by atomic mass is 9.95. The topological polar surface area (TPSA) is 63.5 Å². The van der Waals surface area contributed by atoms with Gasteiger partial charge in [0.1, 0.15) is 6.33 Å². The van der Waals surface area contributed by atoms with Crippen LogP contribution in [0.25, 0.3) is 5.69 Å². The highest BCUT2D eigenvalue weighted by atomic mass is 32.2. The van der Waals surface area contributed by atoms with Crippen molar-refractivity contribution in [1.29, 1.82) is 0 Å². The van der Waals surface area contributed by atoms with E-state index in [1.807, 2.05) is 21.6 Å². The molecule has 2 aromatic rings. The molecule has 0 N–H and O–H groups in total. The van der Waals surface area contributed by atoms with Gasteiger partial charge in [-0.15, -0.1) is 10.2 Å². The summed E-state index contributed by atoms with van der Waals surface area (Å²) < 4.78 is 7.78. The zero-order valence-corrected chi connectivity index (χ0v) is 19.6. The lowest BCUT2D eigenvalue weighted by molar-refractivity contribution is -0.130. The number of benzene rings is 1. The lowest BCUT2D eigenvalue weighted by Crippen LogP contribution is -2.48. The van der Waals surface area contributed by atoms with Crippen molar-refractivity contribution < 1.29 is 9.53 Å². The van der Waals surface area contributed by atoms with Crippen LogP contribution in [0.5, 0.6) is 0 Å². The lowest BCUT2D eigenvalue weighted by Gasteiger charge is -2.39. The van der Waals surface area contributed by atoms with Crippen LogP contribution in [0.3, 0.4) is 0 Å². The zero-order chi connectivity index (χ0) is 21.8. The number of hydrogen-bond donors (Lipinski definition) is 0. The van der Waals surface area contributed by atoms with Gasteiger partial charge >= 0.3 is 0 Å². The number of carbonyl (C=O) groups is 1. The molecule has 2 aliphatic heterocycles. The Bertz CT molecular complexity index is 853. The van der Waals surface area contributed by atoms with Crippen molar-refractivity contribution in [1.82, 2.24) is 24.6 Å². The maximum absolute atomic E-state index is 12.8. The minimum atomic E-state index is 0.190. The van der Waals surface area contributed by atoms with Gasteiger partial charge in [0.2, 0.25) is 5.91 Å². The summed E-state index contributed by atoms with van der Waals surface area (Å²) in [4.78, 5) is 17.3. The molecule has 31 heavy (non-hydrogen) atoms. The molecule has 2 saturated heterocycles. The van der Waals surface area contributed by atoms with E-state index in [1.165, 1.54) is 17.3 Å². The zero-order valence-electron chi connectivity index (χ0n) is 18.7. The second-order valence-corrected chi connectivity index (χ2v) is 9.85. The molecule has 0 aliphatic carbocycles. The summed E-state index contributed by atoms with van der Waals surface area (Å²) in [6, 6.07) is 8.23. The summed E-state index contributed by atoms with van der Waals surface area (Å²) in [5, 5.41) is 9.00. The quantitative estimate of drug-likeness (QED) is 0.640. The second-order valence-electron chi connectivity index (χ2n) is 8.91. The van der Waals surface area contributed by atoms with E-state index in [-0.39, 0.29) is 5.91 Å². The van der Waals surface area contributed by atoms with Gasteiger partial charge in [-0.1, -0.05) is 29.5 Å². The van der Waals surface area contributed by atoms with Crippen molar-refractivity contribution in [2.75, 3.05) is 38.5 Å². The number of carbonyl (C=O) groups excluding carboxylic acids is 1. The van der Waals surface area contributed by atoms with Crippen LogP contribution in [0, 0.1) is 12.8 Å². The third kappa shape index (κ3) is 5.87. The number of thioether (sulfide) groups is 1. The van der Waals surface area contributed by atoms with Crippen LogP contribution in [0.1, 0.15) is 32.3 Å². The molecule has 0 saturated carbocycles. The summed E-state index contributed by atoms with van der Waals surface area (Å²) in [5.41, 5.74) is 2.22. The molecule has 1 aromatic heterocycles. The Morgan fingerprint density at radius 3 is 2.48 bits per heavy atom. The number of aryl methyl sites for hydroxylation is 1. The summed E-state index contributed by atoms with van der Waals surface area (Å²) >= 11 is 1.46. The van der Waals surface area contributed by atoms with Gasteiger partial charge in [-0.3, -0.25) is 14.3 Å². The van der Waals surface area contributed by atoms with E-state index in [9.17, 15) is 4.79 Å². The third-order valence-electron chi connectivity index (χ3n) is 6.13. The monoisotopic (exact) mass is 443 g/mol. The van der Waals surface area contributed by atoms with Gasteiger partial charge < -0.3 is 9.64 Å². The maximum Gasteiger partial charge on any atom is 0.233 e. The summed E-state index contributed by atoms with van der Waals surface area (Å²) in [5.74, 6) is 1.25. The summed E-state index contributed by atoms with van der Waals surface area (Å²) in [6.07, 6.45) is 4.48. The predicted molar refractivity (Wildman–Crippen MR) is 123 cm³/mol. The van der Waals surface area contributed by atoms with Gasteiger partial charge in [0.15, 0.2) is 5.16 Å². The Hall–Kier alpha value is -1.90. The molecule has 8 heteroatoms. The number of rotatable bonds is 6. The molecule has 0 spiro atoms. The van der Waals surface area contributed by atoms with Crippen molar-refractivity contribution in [3.8, 4) is 5.69 Å². The molecule has 0 bridgehead atoms. The van der Waals surface area contributed by atoms with E-state index in [0.29, 0.717) is 23.9 Å². The molecule has 1 aromatic carbocycles. The Kier molecular flexibility index (Phi) is 7.30. The maximum atomic E-state index is 12.8. The Morgan fingerprint density at radius 2 is 1.81 bits per heavy atom. The van der Waals surface area contributed by atoms with Gasteiger partial charge in [-0.2, -0.15) is 0 Å². The predicted octanol–water partition coefficient (Wildman–Crippen LogP) is 3.02. The first kappa shape index (κ1) is 22.3. The molecule has 4 rings (SSSR count). The number of piperidine rings is 1. The Labute approximate surface area is 189 Å². The second kappa shape index (κ2) is 10.1. The smallest absolute Gasteiger partial charge is 0.233 e. The highest BCUT2D eigenvalue weighted by molar-refractivity contribution is 7.99. The highest BCUT2D eigenvalue weighted by Gasteiger charge is 2.28. The molecule has 3 heterocycles. The molecular formula is C23H33N5O2S. The molecular weight excluding hydrogens is 410 g/mol. The van der Waals surface area contributed by atoms with Crippen molar-refractivity contribution in [3.63, 3.8) is 0 Å². The molecule has 0 radical (unpaired) electrons. The van der Waals surface area contributed by atoms with Gasteiger partial charge in [0.25, 0.3) is 0 Å². The van der Waals surface area contributed by atoms with E-state index >= 15 is 0 Å². The SMILES string of the molecule is Cc1ccc(-n2cnnc2SCC(=O)N2CCC(CN3CC(C)OC(C)C3)CC2)cc1. The van der Waals surface area contributed by atoms with Crippen LogP contribution < -0.4 is 0 Å². The Balaban J connectivity index is 1.24. The molecule has 2 fully saturated rings. The molecule has 2 atom stereocenters. The van der Waals surface area contributed by atoms with Crippen LogP contribution in [0.4, 0.5) is 0 Å². The first-order valence-corrected chi connectivity index (χ1v) is 12.2. The first-order valence-electron chi connectivity index (χ1n) is 11.2. The minimum Gasteiger partial charge on any atom is -0.373 e. The van der Waals surface area contributed by atoms with Crippen molar-refractivity contribution in [2.45, 2.75) is 51.0 Å². The van der Waals surface area contributed by atoms with Crippen LogP contribution >= 0.6 is 11.8 Å². The number of amides is 1. The number of likely N-dealkylation sites (tertiary alicyclic amines) is 1. The van der Waals surface area contributed by atoms with Gasteiger partial charge in [-0.05, 0) is 51.7 Å². The number of hydrogen-bond acceptors (Lipinski definition) is 6. The molecule has 2 unspecified atom stereocenters. The van der Waals surface area contributed by atoms with Gasteiger partial charge in [-0.25, -0.2) is 0 Å². The largest absolute Gasteiger partial charge is 0.373 e. The fourth-order valence-electron chi connectivity index (χ4n) is 4.59. The van der Waals surface area contributed by atoms with Crippen molar-refractivity contribution in [3.05, 3.63) is 36.2 Å². The van der Waals surface area contributed by atoms with Crippen LogP contribution in [0.2, 0.25) is 0 Å². The fraction of sp³-hybridized carbons (Fsp3) is 0.609.